The van der Waals surface area contributed by atoms with Crippen LogP contribution in [0.1, 0.15) is 39.4 Å². The summed E-state index contributed by atoms with van der Waals surface area (Å²) in [5.41, 5.74) is 0.990. The van der Waals surface area contributed by atoms with E-state index >= 15 is 0 Å². The van der Waals surface area contributed by atoms with Crippen LogP contribution in [-0.2, 0) is 16.6 Å². The van der Waals surface area contributed by atoms with Crippen molar-refractivity contribution in [1.82, 2.24) is 14.2 Å². The van der Waals surface area contributed by atoms with E-state index < -0.39 is 10.0 Å². The number of sulfonamides is 1. The van der Waals surface area contributed by atoms with Gasteiger partial charge in [-0.15, -0.1) is 0 Å². The van der Waals surface area contributed by atoms with Crippen LogP contribution in [0.15, 0.2) is 17.2 Å². The Morgan fingerprint density at radius 2 is 1.84 bits per heavy atom. The first-order chi connectivity index (χ1) is 8.66. The van der Waals surface area contributed by atoms with Crippen molar-refractivity contribution in [3.05, 3.63) is 18.0 Å². The maximum absolute atomic E-state index is 12.2. The summed E-state index contributed by atoms with van der Waals surface area (Å²) in [5, 5.41) is 3.32. The van der Waals surface area contributed by atoms with Crippen LogP contribution < -0.4 is 5.32 Å². The van der Waals surface area contributed by atoms with E-state index in [0.29, 0.717) is 17.5 Å². The predicted molar refractivity (Wildman–Crippen MR) is 77.7 cm³/mol. The molecule has 1 aromatic heterocycles. The van der Waals surface area contributed by atoms with Gasteiger partial charge in [0.25, 0.3) is 0 Å². The molecule has 0 radical (unpaired) electrons. The summed E-state index contributed by atoms with van der Waals surface area (Å²) in [5.74, 6) is 0. The molecule has 0 aliphatic heterocycles. The second-order valence-corrected chi connectivity index (χ2v) is 7.64. The molecule has 1 heterocycles. The Hall–Kier alpha value is -0.850. The third-order valence-corrected chi connectivity index (χ3v) is 4.71. The Bertz CT molecular complexity index is 516. The van der Waals surface area contributed by atoms with E-state index in [1.165, 1.54) is 4.31 Å². The second-order valence-electron chi connectivity index (χ2n) is 5.49. The molecule has 19 heavy (non-hydrogen) atoms. The van der Waals surface area contributed by atoms with Crippen molar-refractivity contribution in [2.75, 3.05) is 14.1 Å². The largest absolute Gasteiger partial charge is 0.346 e. The van der Waals surface area contributed by atoms with Crippen LogP contribution in [0, 0.1) is 0 Å². The molecule has 0 bridgehead atoms. The number of hydrogen-bond acceptors (Lipinski definition) is 3. The van der Waals surface area contributed by atoms with E-state index in [2.05, 4.69) is 19.2 Å². The van der Waals surface area contributed by atoms with Crippen molar-refractivity contribution >= 4 is 10.0 Å². The summed E-state index contributed by atoms with van der Waals surface area (Å²) in [7, 11) is -0.267. The van der Waals surface area contributed by atoms with Gasteiger partial charge in [0.2, 0.25) is 10.0 Å². The van der Waals surface area contributed by atoms with Crippen molar-refractivity contribution in [2.24, 2.45) is 0 Å². The SMILES string of the molecule is CC(C)NCc1cc(S(=O)(=O)N(C)C)cn1C(C)C. The maximum Gasteiger partial charge on any atom is 0.244 e. The molecule has 0 saturated carbocycles. The van der Waals surface area contributed by atoms with Crippen molar-refractivity contribution < 1.29 is 8.42 Å². The molecule has 6 heteroatoms. The van der Waals surface area contributed by atoms with Crippen LogP contribution in [0.4, 0.5) is 0 Å². The summed E-state index contributed by atoms with van der Waals surface area (Å²) in [4.78, 5) is 0.353. The number of nitrogens with zero attached hydrogens (tertiary/aromatic N) is 2. The number of nitrogens with one attached hydrogen (secondary N) is 1. The van der Waals surface area contributed by atoms with E-state index in [0.717, 1.165) is 5.69 Å². The molecule has 5 nitrogen and oxygen atoms in total. The van der Waals surface area contributed by atoms with Gasteiger partial charge in [0.1, 0.15) is 4.90 Å². The normalized spacial score (nSPS) is 12.9. The van der Waals surface area contributed by atoms with Crippen molar-refractivity contribution in [1.29, 1.82) is 0 Å². The van der Waals surface area contributed by atoms with Gasteiger partial charge in [-0.1, -0.05) is 13.8 Å². The van der Waals surface area contributed by atoms with Gasteiger partial charge in [-0.25, -0.2) is 12.7 Å². The van der Waals surface area contributed by atoms with E-state index in [-0.39, 0.29) is 6.04 Å². The fraction of sp³-hybridized carbons (Fsp3) is 0.692. The lowest BCUT2D eigenvalue weighted by Crippen LogP contribution is -2.23. The zero-order chi connectivity index (χ0) is 14.8. The molecule has 1 rings (SSSR count). The summed E-state index contributed by atoms with van der Waals surface area (Å²) >= 11 is 0. The van der Waals surface area contributed by atoms with Crippen LogP contribution in [0.5, 0.6) is 0 Å². The molecular formula is C13H25N3O2S. The first-order valence-electron chi connectivity index (χ1n) is 6.53. The Labute approximate surface area is 116 Å². The van der Waals surface area contributed by atoms with E-state index in [1.807, 2.05) is 18.4 Å². The third-order valence-electron chi connectivity index (χ3n) is 2.93. The highest BCUT2D eigenvalue weighted by atomic mass is 32.2. The number of rotatable bonds is 6. The van der Waals surface area contributed by atoms with Crippen molar-refractivity contribution in [2.45, 2.75) is 51.2 Å². The van der Waals surface area contributed by atoms with Gasteiger partial charge >= 0.3 is 0 Å². The first-order valence-corrected chi connectivity index (χ1v) is 7.97. The third kappa shape index (κ3) is 3.81. The topological polar surface area (TPSA) is 54.3 Å². The molecule has 0 unspecified atom stereocenters. The Balaban J connectivity index is 3.15. The predicted octanol–water partition coefficient (Wildman–Crippen LogP) is 1.82. The number of hydrogen-bond donors (Lipinski definition) is 1. The molecule has 110 valence electrons. The maximum atomic E-state index is 12.2. The molecule has 0 aromatic carbocycles. The van der Waals surface area contributed by atoms with E-state index in [4.69, 9.17) is 0 Å². The van der Waals surface area contributed by atoms with Gasteiger partial charge in [-0.2, -0.15) is 0 Å². The summed E-state index contributed by atoms with van der Waals surface area (Å²) in [6.45, 7) is 8.90. The van der Waals surface area contributed by atoms with Crippen LogP contribution in [0.2, 0.25) is 0 Å². The lowest BCUT2D eigenvalue weighted by molar-refractivity contribution is 0.517. The monoisotopic (exact) mass is 287 g/mol. The van der Waals surface area contributed by atoms with Gasteiger partial charge in [-0.3, -0.25) is 0 Å². The molecule has 1 aromatic rings. The summed E-state index contributed by atoms with van der Waals surface area (Å²) in [6, 6.07) is 2.35. The Morgan fingerprint density at radius 1 is 1.26 bits per heavy atom. The van der Waals surface area contributed by atoms with E-state index in [9.17, 15) is 8.42 Å². The molecule has 0 spiro atoms. The van der Waals surface area contributed by atoms with Gasteiger partial charge in [-0.05, 0) is 19.9 Å². The minimum atomic E-state index is -3.37. The zero-order valence-corrected chi connectivity index (χ0v) is 13.5. The molecule has 0 atom stereocenters. The summed E-state index contributed by atoms with van der Waals surface area (Å²) in [6.07, 6.45) is 1.72. The van der Waals surface area contributed by atoms with Gasteiger partial charge < -0.3 is 9.88 Å². The Kier molecular flexibility index (Phi) is 5.18. The van der Waals surface area contributed by atoms with Crippen LogP contribution in [0.3, 0.4) is 0 Å². The standard InChI is InChI=1S/C13H25N3O2S/c1-10(2)14-8-12-7-13(9-16(12)11(3)4)19(17,18)15(5)6/h7,9-11,14H,8H2,1-6H3. The minimum Gasteiger partial charge on any atom is -0.346 e. The van der Waals surface area contributed by atoms with Crippen LogP contribution >= 0.6 is 0 Å². The lowest BCUT2D eigenvalue weighted by Gasteiger charge is -2.14. The highest BCUT2D eigenvalue weighted by molar-refractivity contribution is 7.89. The smallest absolute Gasteiger partial charge is 0.244 e. The van der Waals surface area contributed by atoms with Crippen LogP contribution in [0.25, 0.3) is 0 Å². The fourth-order valence-corrected chi connectivity index (χ4v) is 2.73. The molecular weight excluding hydrogens is 262 g/mol. The zero-order valence-electron chi connectivity index (χ0n) is 12.6. The highest BCUT2D eigenvalue weighted by Crippen LogP contribution is 2.21. The Morgan fingerprint density at radius 3 is 2.26 bits per heavy atom. The van der Waals surface area contributed by atoms with Gasteiger partial charge in [0.15, 0.2) is 0 Å². The average molecular weight is 287 g/mol. The fourth-order valence-electron chi connectivity index (χ4n) is 1.78. The lowest BCUT2D eigenvalue weighted by atomic mass is 10.3. The summed E-state index contributed by atoms with van der Waals surface area (Å²) < 4.78 is 27.5. The minimum absolute atomic E-state index is 0.232. The molecule has 0 aliphatic carbocycles. The van der Waals surface area contributed by atoms with Gasteiger partial charge in [0.05, 0.1) is 0 Å². The number of aromatic nitrogens is 1. The molecule has 0 saturated heterocycles. The van der Waals surface area contributed by atoms with Crippen LogP contribution in [-0.4, -0.2) is 37.4 Å². The second kappa shape index (κ2) is 6.07. The average Bonchev–Trinajstić information content (AvgIpc) is 2.70. The van der Waals surface area contributed by atoms with Crippen molar-refractivity contribution in [3.8, 4) is 0 Å². The van der Waals surface area contributed by atoms with Crippen molar-refractivity contribution in [3.63, 3.8) is 0 Å². The molecule has 0 amide bonds. The molecule has 0 aliphatic rings. The van der Waals surface area contributed by atoms with Gasteiger partial charge in [0, 0.05) is 44.6 Å². The van der Waals surface area contributed by atoms with E-state index in [1.54, 1.807) is 26.4 Å². The first kappa shape index (κ1) is 16.2. The highest BCUT2D eigenvalue weighted by Gasteiger charge is 2.21. The molecule has 1 N–H and O–H groups in total. The quantitative estimate of drug-likeness (QED) is 0.868. The molecule has 0 fully saturated rings.